The summed E-state index contributed by atoms with van der Waals surface area (Å²) in [4.78, 5) is 22.7. The van der Waals surface area contributed by atoms with E-state index in [1.807, 2.05) is 0 Å². The first-order valence-corrected chi connectivity index (χ1v) is 6.02. The van der Waals surface area contributed by atoms with Gasteiger partial charge >= 0.3 is 5.97 Å². The minimum atomic E-state index is -1.12. The van der Waals surface area contributed by atoms with Crippen LogP contribution in [0.2, 0.25) is 0 Å². The number of aromatic nitrogens is 4. The lowest BCUT2D eigenvalue weighted by Crippen LogP contribution is -2.31. The number of carbonyl (C=O) groups is 2. The average Bonchev–Trinajstić information content (AvgIpc) is 3.03. The first-order chi connectivity index (χ1) is 9.47. The molecule has 2 aromatic heterocycles. The molecule has 1 atom stereocenters. The second-order valence-electron chi connectivity index (χ2n) is 4.36. The molecule has 0 aliphatic rings. The highest BCUT2D eigenvalue weighted by molar-refractivity contribution is 5.85. The van der Waals surface area contributed by atoms with Crippen molar-refractivity contribution in [3.05, 3.63) is 35.9 Å². The van der Waals surface area contributed by atoms with Gasteiger partial charge in [-0.1, -0.05) is 0 Å². The van der Waals surface area contributed by atoms with E-state index in [-0.39, 0.29) is 11.6 Å². The van der Waals surface area contributed by atoms with Gasteiger partial charge in [-0.05, 0) is 19.1 Å². The summed E-state index contributed by atoms with van der Waals surface area (Å²) in [6, 6.07) is 2.57. The Hall–Kier alpha value is -2.64. The Labute approximate surface area is 115 Å². The molecule has 1 unspecified atom stereocenters. The molecule has 106 valence electrons. The quantitative estimate of drug-likeness (QED) is 0.812. The fourth-order valence-electron chi connectivity index (χ4n) is 1.67. The molecule has 0 spiro atoms. The third kappa shape index (κ3) is 3.02. The van der Waals surface area contributed by atoms with Gasteiger partial charge in [-0.25, -0.2) is 4.79 Å². The minimum Gasteiger partial charge on any atom is -0.476 e. The molecule has 0 aliphatic carbocycles. The number of aromatic carboxylic acids is 1. The number of rotatable bonds is 5. The van der Waals surface area contributed by atoms with Crippen molar-refractivity contribution in [1.29, 1.82) is 0 Å². The van der Waals surface area contributed by atoms with Crippen LogP contribution in [0.3, 0.4) is 0 Å². The molecular weight excluding hydrogens is 262 g/mol. The number of carboxylic acid groups (broad SMARTS) is 1. The summed E-state index contributed by atoms with van der Waals surface area (Å²) in [5, 5.41) is 19.5. The molecule has 0 radical (unpaired) electrons. The lowest BCUT2D eigenvalue weighted by atomic mass is 10.3. The molecule has 0 bridgehead atoms. The van der Waals surface area contributed by atoms with Gasteiger partial charge in [0.2, 0.25) is 5.91 Å². The van der Waals surface area contributed by atoms with E-state index in [0.717, 1.165) is 5.69 Å². The fraction of sp³-hybridized carbons (Fsp3) is 0.333. The monoisotopic (exact) mass is 277 g/mol. The molecule has 0 aliphatic heterocycles. The van der Waals surface area contributed by atoms with Gasteiger partial charge in [0.25, 0.3) is 0 Å². The average molecular weight is 277 g/mol. The van der Waals surface area contributed by atoms with Gasteiger partial charge in [0.15, 0.2) is 5.69 Å². The molecule has 2 rings (SSSR count). The Morgan fingerprint density at radius 1 is 1.35 bits per heavy atom. The normalized spacial score (nSPS) is 12.1. The van der Waals surface area contributed by atoms with Crippen molar-refractivity contribution in [2.24, 2.45) is 7.05 Å². The Morgan fingerprint density at radius 3 is 2.65 bits per heavy atom. The van der Waals surface area contributed by atoms with E-state index in [4.69, 9.17) is 5.11 Å². The van der Waals surface area contributed by atoms with Crippen molar-refractivity contribution in [3.8, 4) is 0 Å². The summed E-state index contributed by atoms with van der Waals surface area (Å²) >= 11 is 0. The van der Waals surface area contributed by atoms with Crippen LogP contribution in [0.4, 0.5) is 0 Å². The molecule has 20 heavy (non-hydrogen) atoms. The third-order valence-corrected chi connectivity index (χ3v) is 2.82. The molecule has 0 saturated carbocycles. The maximum absolute atomic E-state index is 11.9. The van der Waals surface area contributed by atoms with Crippen molar-refractivity contribution >= 4 is 11.9 Å². The minimum absolute atomic E-state index is 0.0885. The number of hydrogen-bond donors (Lipinski definition) is 2. The van der Waals surface area contributed by atoms with Crippen molar-refractivity contribution in [2.45, 2.75) is 19.5 Å². The van der Waals surface area contributed by atoms with E-state index in [2.05, 4.69) is 15.5 Å². The van der Waals surface area contributed by atoms with Crippen LogP contribution in [0.5, 0.6) is 0 Å². The van der Waals surface area contributed by atoms with Gasteiger partial charge in [0.05, 0.1) is 12.2 Å². The summed E-state index contributed by atoms with van der Waals surface area (Å²) in [7, 11) is 1.80. The standard InChI is InChI=1S/C12H15N5O3/c1-8(17-6-4-10(15-17)12(19)20)11(18)13-7-9-3-5-16(2)14-9/h3-6,8H,7H2,1-2H3,(H,13,18)(H,19,20). The molecule has 0 aromatic carbocycles. The van der Waals surface area contributed by atoms with Gasteiger partial charge in [-0.2, -0.15) is 10.2 Å². The number of amides is 1. The van der Waals surface area contributed by atoms with E-state index >= 15 is 0 Å². The number of carboxylic acids is 1. The van der Waals surface area contributed by atoms with Gasteiger partial charge in [-0.3, -0.25) is 14.2 Å². The number of carbonyl (C=O) groups excluding carboxylic acids is 1. The second-order valence-corrected chi connectivity index (χ2v) is 4.36. The van der Waals surface area contributed by atoms with Crippen LogP contribution in [0.15, 0.2) is 24.5 Å². The van der Waals surface area contributed by atoms with E-state index < -0.39 is 12.0 Å². The van der Waals surface area contributed by atoms with Crippen molar-refractivity contribution in [2.75, 3.05) is 0 Å². The summed E-state index contributed by atoms with van der Waals surface area (Å²) in [5.41, 5.74) is 0.661. The van der Waals surface area contributed by atoms with Crippen LogP contribution < -0.4 is 5.32 Å². The highest BCUT2D eigenvalue weighted by Crippen LogP contribution is 2.06. The molecule has 1 amide bonds. The van der Waals surface area contributed by atoms with Gasteiger partial charge < -0.3 is 10.4 Å². The van der Waals surface area contributed by atoms with E-state index in [1.165, 1.54) is 16.9 Å². The summed E-state index contributed by atoms with van der Waals surface area (Å²) in [6.07, 6.45) is 3.26. The summed E-state index contributed by atoms with van der Waals surface area (Å²) < 4.78 is 2.97. The van der Waals surface area contributed by atoms with Crippen LogP contribution in [0.25, 0.3) is 0 Å². The smallest absolute Gasteiger partial charge is 0.356 e. The van der Waals surface area contributed by atoms with Crippen LogP contribution >= 0.6 is 0 Å². The number of nitrogens with zero attached hydrogens (tertiary/aromatic N) is 4. The van der Waals surface area contributed by atoms with Crippen molar-refractivity contribution < 1.29 is 14.7 Å². The predicted molar refractivity (Wildman–Crippen MR) is 69.0 cm³/mol. The molecule has 0 fully saturated rings. The van der Waals surface area contributed by atoms with Crippen molar-refractivity contribution in [1.82, 2.24) is 24.9 Å². The first kappa shape index (κ1) is 13.8. The maximum atomic E-state index is 11.9. The van der Waals surface area contributed by atoms with Crippen LogP contribution in [0.1, 0.15) is 29.1 Å². The number of hydrogen-bond acceptors (Lipinski definition) is 4. The second kappa shape index (κ2) is 5.55. The molecule has 8 heteroatoms. The molecule has 2 aromatic rings. The lowest BCUT2D eigenvalue weighted by Gasteiger charge is -2.11. The zero-order valence-electron chi connectivity index (χ0n) is 11.1. The maximum Gasteiger partial charge on any atom is 0.356 e. The SMILES string of the molecule is CC(C(=O)NCc1ccn(C)n1)n1ccc(C(=O)O)n1. The van der Waals surface area contributed by atoms with Gasteiger partial charge in [-0.15, -0.1) is 0 Å². The lowest BCUT2D eigenvalue weighted by molar-refractivity contribution is -0.124. The Bertz CT molecular complexity index is 631. The first-order valence-electron chi connectivity index (χ1n) is 6.02. The largest absolute Gasteiger partial charge is 0.476 e. The Morgan fingerprint density at radius 2 is 2.10 bits per heavy atom. The Balaban J connectivity index is 1.95. The summed E-state index contributed by atoms with van der Waals surface area (Å²) in [5.74, 6) is -1.37. The number of aryl methyl sites for hydroxylation is 1. The van der Waals surface area contributed by atoms with Crippen LogP contribution in [-0.4, -0.2) is 36.5 Å². The zero-order chi connectivity index (χ0) is 14.7. The van der Waals surface area contributed by atoms with E-state index in [1.54, 1.807) is 30.9 Å². The fourth-order valence-corrected chi connectivity index (χ4v) is 1.67. The number of nitrogens with one attached hydrogen (secondary N) is 1. The Kier molecular flexibility index (Phi) is 3.83. The third-order valence-electron chi connectivity index (χ3n) is 2.82. The van der Waals surface area contributed by atoms with Crippen molar-refractivity contribution in [3.63, 3.8) is 0 Å². The molecule has 2 heterocycles. The van der Waals surface area contributed by atoms with E-state index in [0.29, 0.717) is 6.54 Å². The molecule has 8 nitrogen and oxygen atoms in total. The van der Waals surface area contributed by atoms with Crippen LogP contribution in [-0.2, 0) is 18.4 Å². The zero-order valence-corrected chi connectivity index (χ0v) is 11.1. The summed E-state index contributed by atoms with van der Waals surface area (Å²) in [6.45, 7) is 1.96. The highest BCUT2D eigenvalue weighted by Gasteiger charge is 2.17. The van der Waals surface area contributed by atoms with Gasteiger partial charge in [0.1, 0.15) is 6.04 Å². The van der Waals surface area contributed by atoms with Gasteiger partial charge in [0, 0.05) is 19.4 Å². The highest BCUT2D eigenvalue weighted by atomic mass is 16.4. The van der Waals surface area contributed by atoms with Crippen LogP contribution in [0, 0.1) is 0 Å². The molecule has 0 saturated heterocycles. The molecule has 2 N–H and O–H groups in total. The molecular formula is C12H15N5O3. The predicted octanol–water partition coefficient (Wildman–Crippen LogP) is 0.192. The van der Waals surface area contributed by atoms with E-state index in [9.17, 15) is 9.59 Å². The topological polar surface area (TPSA) is 102 Å².